The Morgan fingerprint density at radius 1 is 1.30 bits per heavy atom. The van der Waals surface area contributed by atoms with Gasteiger partial charge in [0.15, 0.2) is 0 Å². The van der Waals surface area contributed by atoms with Gasteiger partial charge in [0.2, 0.25) is 11.8 Å². The van der Waals surface area contributed by atoms with E-state index >= 15 is 0 Å². The summed E-state index contributed by atoms with van der Waals surface area (Å²) in [5, 5.41) is 22.6. The Morgan fingerprint density at radius 3 is 2.63 bits per heavy atom. The molecule has 0 radical (unpaired) electrons. The molecule has 4 rings (SSSR count). The number of amides is 2. The van der Waals surface area contributed by atoms with Gasteiger partial charge in [-0.25, -0.2) is 4.79 Å². The molecule has 0 bridgehead atoms. The van der Waals surface area contributed by atoms with Crippen molar-refractivity contribution in [2.75, 3.05) is 19.6 Å². The molecule has 9 heteroatoms. The summed E-state index contributed by atoms with van der Waals surface area (Å²) in [5.74, 6) is -2.20. The first-order chi connectivity index (χ1) is 12.8. The molecule has 4 heterocycles. The van der Waals surface area contributed by atoms with Crippen LogP contribution in [0.1, 0.15) is 26.7 Å². The van der Waals surface area contributed by atoms with Crippen LogP contribution in [0.2, 0.25) is 0 Å². The molecular formula is C18H25N3O5S. The van der Waals surface area contributed by atoms with Crippen molar-refractivity contribution in [2.24, 2.45) is 11.8 Å². The monoisotopic (exact) mass is 395 g/mol. The molecule has 3 N–H and O–H groups in total. The molecule has 0 aliphatic carbocycles. The van der Waals surface area contributed by atoms with Crippen LogP contribution in [-0.4, -0.2) is 80.9 Å². The van der Waals surface area contributed by atoms with Crippen LogP contribution in [0.3, 0.4) is 0 Å². The van der Waals surface area contributed by atoms with E-state index in [1.165, 1.54) is 16.7 Å². The predicted octanol–water partition coefficient (Wildman–Crippen LogP) is -0.164. The number of fused-ring (bicyclic) bond motifs is 1. The lowest BCUT2D eigenvalue weighted by Gasteiger charge is -2.46. The number of nitrogens with zero attached hydrogens (tertiary/aromatic N) is 2. The first-order valence-electron chi connectivity index (χ1n) is 9.49. The van der Waals surface area contributed by atoms with E-state index in [0.717, 1.165) is 19.5 Å². The Labute approximate surface area is 161 Å². The van der Waals surface area contributed by atoms with E-state index in [0.29, 0.717) is 17.9 Å². The summed E-state index contributed by atoms with van der Waals surface area (Å²) in [6, 6.07) is -0.115. The number of carboxylic acid groups (broad SMARTS) is 1. The van der Waals surface area contributed by atoms with Crippen LogP contribution in [0.15, 0.2) is 10.6 Å². The molecule has 6 atom stereocenters. The van der Waals surface area contributed by atoms with E-state index in [1.54, 1.807) is 6.92 Å². The molecule has 8 nitrogen and oxygen atoms in total. The van der Waals surface area contributed by atoms with E-state index in [4.69, 9.17) is 0 Å². The van der Waals surface area contributed by atoms with E-state index < -0.39 is 18.0 Å². The van der Waals surface area contributed by atoms with Crippen LogP contribution in [0.4, 0.5) is 0 Å². The summed E-state index contributed by atoms with van der Waals surface area (Å²) < 4.78 is 0. The van der Waals surface area contributed by atoms with Gasteiger partial charge in [0.05, 0.1) is 23.3 Å². The van der Waals surface area contributed by atoms with Crippen molar-refractivity contribution >= 4 is 29.5 Å². The van der Waals surface area contributed by atoms with Crippen molar-refractivity contribution in [3.63, 3.8) is 0 Å². The number of carbonyl (C=O) groups is 3. The van der Waals surface area contributed by atoms with E-state index in [9.17, 15) is 24.6 Å². The lowest BCUT2D eigenvalue weighted by atomic mass is 9.79. The molecule has 4 aliphatic rings. The molecule has 0 spiro atoms. The van der Waals surface area contributed by atoms with Crippen LogP contribution in [-0.2, 0) is 14.4 Å². The van der Waals surface area contributed by atoms with Gasteiger partial charge >= 0.3 is 5.97 Å². The molecule has 148 valence electrons. The maximum absolute atomic E-state index is 12.9. The molecule has 0 aromatic heterocycles. The van der Waals surface area contributed by atoms with Crippen LogP contribution in [0.5, 0.6) is 0 Å². The number of aliphatic hydroxyl groups is 1. The standard InChI is InChI=1S/C18H25N3O5S/c1-8-13-12(9(2)22)17(24)21(13)14(18(25)26)15(8)27-11-4-6-20(16(11)23)10-3-5-19-7-10/h8-13,19,22H,3-7H2,1-2H3,(H,25,26)/t8-,9-,10?,11+,12-,13-/m1/s1. The number of β-lactam (4-membered cyclic amide) rings is 1. The zero-order chi connectivity index (χ0) is 19.5. The van der Waals surface area contributed by atoms with Gasteiger partial charge < -0.3 is 25.3 Å². The number of hydrogen-bond acceptors (Lipinski definition) is 6. The normalized spacial score (nSPS) is 37.1. The molecule has 2 amide bonds. The lowest BCUT2D eigenvalue weighted by molar-refractivity contribution is -0.163. The zero-order valence-electron chi connectivity index (χ0n) is 15.4. The average Bonchev–Trinajstić information content (AvgIpc) is 3.28. The summed E-state index contributed by atoms with van der Waals surface area (Å²) in [7, 11) is 0. The highest BCUT2D eigenvalue weighted by Crippen LogP contribution is 2.52. The fraction of sp³-hybridized carbons (Fsp3) is 0.722. The van der Waals surface area contributed by atoms with Crippen molar-refractivity contribution in [3.05, 3.63) is 10.6 Å². The summed E-state index contributed by atoms with van der Waals surface area (Å²) in [5.41, 5.74) is -0.00631. The van der Waals surface area contributed by atoms with Gasteiger partial charge in [0.1, 0.15) is 5.70 Å². The maximum Gasteiger partial charge on any atom is 0.353 e. The first kappa shape index (κ1) is 18.8. The Hall–Kier alpha value is -1.58. The summed E-state index contributed by atoms with van der Waals surface area (Å²) >= 11 is 1.30. The van der Waals surface area contributed by atoms with Gasteiger partial charge in [-0.1, -0.05) is 6.92 Å². The first-order valence-corrected chi connectivity index (χ1v) is 10.4. The number of likely N-dealkylation sites (tertiary alicyclic amines) is 1. The summed E-state index contributed by atoms with van der Waals surface area (Å²) in [4.78, 5) is 40.9. The number of thioether (sulfide) groups is 1. The maximum atomic E-state index is 12.9. The minimum absolute atomic E-state index is 0.00631. The zero-order valence-corrected chi connectivity index (χ0v) is 16.2. The third kappa shape index (κ3) is 2.78. The fourth-order valence-corrected chi connectivity index (χ4v) is 6.30. The van der Waals surface area contributed by atoms with Crippen molar-refractivity contribution in [2.45, 2.75) is 50.1 Å². The second kappa shape index (κ2) is 6.79. The molecule has 4 aliphatic heterocycles. The largest absolute Gasteiger partial charge is 0.477 e. The number of rotatable bonds is 5. The van der Waals surface area contributed by atoms with Crippen molar-refractivity contribution in [1.29, 1.82) is 0 Å². The third-order valence-corrected chi connectivity index (χ3v) is 7.79. The third-order valence-electron chi connectivity index (χ3n) is 6.25. The number of hydrogen-bond donors (Lipinski definition) is 3. The molecule has 3 fully saturated rings. The predicted molar refractivity (Wildman–Crippen MR) is 98.6 cm³/mol. The van der Waals surface area contributed by atoms with E-state index in [-0.39, 0.29) is 40.8 Å². The van der Waals surface area contributed by atoms with Gasteiger partial charge in [-0.3, -0.25) is 9.59 Å². The molecule has 0 saturated carbocycles. The fourth-order valence-electron chi connectivity index (χ4n) is 4.88. The number of aliphatic hydroxyl groups excluding tert-OH is 1. The van der Waals surface area contributed by atoms with Crippen LogP contribution in [0.25, 0.3) is 0 Å². The second-order valence-corrected chi connectivity index (χ2v) is 9.09. The highest BCUT2D eigenvalue weighted by atomic mass is 32.2. The molecule has 0 aromatic rings. The quantitative estimate of drug-likeness (QED) is 0.555. The average molecular weight is 395 g/mol. The topological polar surface area (TPSA) is 110 Å². The minimum Gasteiger partial charge on any atom is -0.477 e. The van der Waals surface area contributed by atoms with Crippen LogP contribution in [0, 0.1) is 11.8 Å². The minimum atomic E-state index is -1.15. The van der Waals surface area contributed by atoms with Crippen molar-refractivity contribution in [3.8, 4) is 0 Å². The van der Waals surface area contributed by atoms with Crippen LogP contribution < -0.4 is 5.32 Å². The number of nitrogens with one attached hydrogen (secondary N) is 1. The van der Waals surface area contributed by atoms with Gasteiger partial charge in [-0.05, 0) is 26.3 Å². The smallest absolute Gasteiger partial charge is 0.353 e. The molecule has 3 saturated heterocycles. The number of aliphatic carboxylic acids is 1. The summed E-state index contributed by atoms with van der Waals surface area (Å²) in [6.07, 6.45) is 0.809. The Bertz CT molecular complexity index is 718. The van der Waals surface area contributed by atoms with Gasteiger partial charge in [-0.15, -0.1) is 11.8 Å². The Balaban J connectivity index is 1.55. The molecular weight excluding hydrogens is 370 g/mol. The van der Waals surface area contributed by atoms with Crippen LogP contribution >= 0.6 is 11.8 Å². The van der Waals surface area contributed by atoms with E-state index in [1.807, 2.05) is 11.8 Å². The number of carboxylic acids is 1. The Kier molecular flexibility index (Phi) is 4.72. The molecule has 27 heavy (non-hydrogen) atoms. The van der Waals surface area contributed by atoms with Gasteiger partial charge in [0, 0.05) is 30.0 Å². The Morgan fingerprint density at radius 2 is 2.04 bits per heavy atom. The van der Waals surface area contributed by atoms with Gasteiger partial charge in [0.25, 0.3) is 0 Å². The summed E-state index contributed by atoms with van der Waals surface area (Å²) in [6.45, 7) is 5.86. The SMILES string of the molecule is C[C@@H](O)[C@H]1C(=O)N2C(C(=O)O)=C(S[C@H]3CCN(C4CCNC4)C3=O)[C@H](C)[C@H]12. The molecule has 0 aromatic carbocycles. The van der Waals surface area contributed by atoms with Crippen molar-refractivity contribution in [1.82, 2.24) is 15.1 Å². The number of carbonyl (C=O) groups excluding carboxylic acids is 2. The lowest BCUT2D eigenvalue weighted by Crippen LogP contribution is -2.63. The van der Waals surface area contributed by atoms with E-state index in [2.05, 4.69) is 5.32 Å². The highest BCUT2D eigenvalue weighted by molar-refractivity contribution is 8.04. The molecule has 1 unspecified atom stereocenters. The van der Waals surface area contributed by atoms with Gasteiger partial charge in [-0.2, -0.15) is 0 Å². The van der Waals surface area contributed by atoms with Crippen molar-refractivity contribution < 1.29 is 24.6 Å². The highest BCUT2D eigenvalue weighted by Gasteiger charge is 2.60. The second-order valence-electron chi connectivity index (χ2n) is 7.85.